The second-order valence-electron chi connectivity index (χ2n) is 16.8. The summed E-state index contributed by atoms with van der Waals surface area (Å²) >= 11 is 0. The summed E-state index contributed by atoms with van der Waals surface area (Å²) in [5.74, 6) is 0.277. The Morgan fingerprint density at radius 3 is 1.44 bits per heavy atom. The van der Waals surface area contributed by atoms with Crippen molar-refractivity contribution < 1.29 is 0 Å². The van der Waals surface area contributed by atoms with Gasteiger partial charge in [0.2, 0.25) is 0 Å². The van der Waals surface area contributed by atoms with E-state index in [2.05, 4.69) is 223 Å². The Balaban J connectivity index is 1.10. The van der Waals surface area contributed by atoms with Crippen LogP contribution in [-0.4, -0.2) is 56.0 Å². The quantitative estimate of drug-likeness (QED) is 0.139. The maximum absolute atomic E-state index is 6.75. The molecule has 0 aliphatic carbocycles. The number of nitrogens with zero attached hydrogens (tertiary/aromatic N) is 3. The summed E-state index contributed by atoms with van der Waals surface area (Å²) < 4.78 is 0. The van der Waals surface area contributed by atoms with E-state index in [4.69, 9.17) is 49.2 Å². The highest BCUT2D eigenvalue weighted by molar-refractivity contribution is 8.34. The van der Waals surface area contributed by atoms with Gasteiger partial charge in [-0.2, -0.15) is 0 Å². The lowest BCUT2D eigenvalue weighted by Gasteiger charge is -2.42. The lowest BCUT2D eigenvalue weighted by Crippen LogP contribution is -2.57. The van der Waals surface area contributed by atoms with Crippen LogP contribution in [0.1, 0.15) is 0 Å². The van der Waals surface area contributed by atoms with Crippen molar-refractivity contribution >= 4 is 106 Å². The first-order chi connectivity index (χ1) is 33.3. The molecule has 0 amide bonds. The molecule has 68 heavy (non-hydrogen) atoms. The minimum absolute atomic E-state index is 0.0676. The monoisotopic (exact) mass is 873 g/mol. The standard InChI is InChI=1S/C58H37B6N3S/c59-53-52(54(60)56(62)57(63)55(53)61)58-65-49(38-32-34-41(35-33-38)67-51-31-16-14-29-47(51)46-28-13-15-30-48(46)64(67)40-19-5-1-6-20-40)37-50(66-58)39-18-17-27-45(36-39)68(42-21-7-2-8-22-42,43-23-9-3-10-24-43)44-25-11-4-12-26-44/h1-37H. The third-order valence-corrected chi connectivity index (χ3v) is 16.8. The number of anilines is 2. The van der Waals surface area contributed by atoms with Crippen molar-refractivity contribution in [1.82, 2.24) is 9.97 Å². The fourth-order valence-electron chi connectivity index (χ4n) is 9.70. The molecule has 308 valence electrons. The van der Waals surface area contributed by atoms with Crippen molar-refractivity contribution in [3.63, 3.8) is 0 Å². The van der Waals surface area contributed by atoms with Gasteiger partial charge in [0.05, 0.1) is 11.4 Å². The first-order valence-electron chi connectivity index (χ1n) is 22.5. The second kappa shape index (κ2) is 18.0. The van der Waals surface area contributed by atoms with Gasteiger partial charge in [0, 0.05) is 53.2 Å². The topological polar surface area (TPSA) is 29.0 Å². The van der Waals surface area contributed by atoms with E-state index in [-0.39, 0.29) is 40.0 Å². The molecule has 0 fully saturated rings. The maximum Gasteiger partial charge on any atom is 0.328 e. The zero-order chi connectivity index (χ0) is 46.4. The van der Waals surface area contributed by atoms with E-state index in [1.165, 1.54) is 36.7 Å². The van der Waals surface area contributed by atoms with Gasteiger partial charge in [-0.05, 0) is 83.8 Å². The molecule has 10 heteroatoms. The van der Waals surface area contributed by atoms with Crippen LogP contribution in [0, 0.1) is 0 Å². The zero-order valence-corrected chi connectivity index (χ0v) is 37.9. The number of rotatable bonds is 9. The van der Waals surface area contributed by atoms with E-state index in [0.717, 1.165) is 27.4 Å². The van der Waals surface area contributed by atoms with Crippen LogP contribution in [0.3, 0.4) is 0 Å². The van der Waals surface area contributed by atoms with Crippen molar-refractivity contribution in [2.45, 2.75) is 19.6 Å². The van der Waals surface area contributed by atoms with Crippen LogP contribution in [0.15, 0.2) is 244 Å². The molecule has 0 atom stereocenters. The van der Waals surface area contributed by atoms with Gasteiger partial charge < -0.3 is 4.81 Å². The van der Waals surface area contributed by atoms with E-state index >= 15 is 0 Å². The molecule has 10 aromatic rings. The summed E-state index contributed by atoms with van der Waals surface area (Å²) in [5, 5.41) is 0. The summed E-state index contributed by atoms with van der Waals surface area (Å²) in [4.78, 5) is 17.6. The van der Waals surface area contributed by atoms with Crippen molar-refractivity contribution in [1.29, 1.82) is 0 Å². The number of hydrogen-bond donors (Lipinski definition) is 0. The molecule has 2 heterocycles. The minimum atomic E-state index is -2.01. The van der Waals surface area contributed by atoms with Crippen LogP contribution in [0.2, 0.25) is 0 Å². The first-order valence-corrected chi connectivity index (χ1v) is 24.1. The summed E-state index contributed by atoms with van der Waals surface area (Å²) in [6, 6.07) is 79.5. The van der Waals surface area contributed by atoms with E-state index in [1.54, 1.807) is 0 Å². The van der Waals surface area contributed by atoms with E-state index in [1.807, 2.05) is 6.07 Å². The number of fused-ring (bicyclic) bond motifs is 3. The molecule has 1 aromatic heterocycles. The zero-order valence-electron chi connectivity index (χ0n) is 37.1. The lowest BCUT2D eigenvalue weighted by atomic mass is 9.46. The fourth-order valence-corrected chi connectivity index (χ4v) is 13.6. The van der Waals surface area contributed by atoms with Crippen LogP contribution in [-0.2, 0) is 0 Å². The number of hydrogen-bond acceptors (Lipinski definition) is 3. The van der Waals surface area contributed by atoms with Crippen LogP contribution in [0.5, 0.6) is 0 Å². The Labute approximate surface area is 407 Å². The summed E-state index contributed by atoms with van der Waals surface area (Å²) in [7, 11) is 30.8. The van der Waals surface area contributed by atoms with E-state index in [9.17, 15) is 0 Å². The SMILES string of the molecule is [B]c1c([B])c([B])c(-c2nc(-c3ccc(N4B(c5ccccc5)c5ccccc5-c5ccccc54)cc3)cc(-c3cccc(S(c4ccccc4)(c4ccccc4)c4ccccc4)c3)n2)c([B])c1[B]. The Kier molecular flexibility index (Phi) is 11.4. The third kappa shape index (κ3) is 7.35. The number of aromatic nitrogens is 2. The van der Waals surface area contributed by atoms with Crippen LogP contribution in [0.25, 0.3) is 45.0 Å². The molecule has 9 aromatic carbocycles. The van der Waals surface area contributed by atoms with Crippen molar-refractivity contribution in [2.24, 2.45) is 0 Å². The highest BCUT2D eigenvalue weighted by Gasteiger charge is 2.37. The highest BCUT2D eigenvalue weighted by Crippen LogP contribution is 2.73. The highest BCUT2D eigenvalue weighted by atomic mass is 32.3. The van der Waals surface area contributed by atoms with Gasteiger partial charge in [-0.3, -0.25) is 0 Å². The Morgan fingerprint density at radius 2 is 0.853 bits per heavy atom. The van der Waals surface area contributed by atoms with Crippen LogP contribution < -0.4 is 43.1 Å². The molecule has 11 rings (SSSR count). The molecule has 0 spiro atoms. The summed E-state index contributed by atoms with van der Waals surface area (Å²) in [6.45, 7) is -0.0676. The molecule has 0 N–H and O–H groups in total. The summed E-state index contributed by atoms with van der Waals surface area (Å²) in [6.07, 6.45) is 0. The van der Waals surface area contributed by atoms with Gasteiger partial charge >= 0.3 is 6.85 Å². The normalized spacial score (nSPS) is 12.3. The minimum Gasteiger partial charge on any atom is -0.376 e. The predicted molar refractivity (Wildman–Crippen MR) is 291 cm³/mol. The molecule has 0 saturated carbocycles. The lowest BCUT2D eigenvalue weighted by molar-refractivity contribution is 1.18. The molecule has 0 bridgehead atoms. The maximum atomic E-state index is 6.75. The average Bonchev–Trinajstić information content (AvgIpc) is 3.41. The summed E-state index contributed by atoms with van der Waals surface area (Å²) in [5.41, 5.74) is 11.1. The molecular formula is C58H37B6N3S. The van der Waals surface area contributed by atoms with Gasteiger partial charge in [-0.1, -0.05) is 168 Å². The predicted octanol–water partition coefficient (Wildman–Crippen LogP) is 7.71. The molecule has 0 unspecified atom stereocenters. The molecule has 1 aliphatic heterocycles. The largest absolute Gasteiger partial charge is 0.376 e. The first kappa shape index (κ1) is 43.2. The number of benzene rings is 9. The fraction of sp³-hybridized carbons (Fsp3) is 0. The van der Waals surface area contributed by atoms with Gasteiger partial charge in [0.1, 0.15) is 39.2 Å². The van der Waals surface area contributed by atoms with Crippen molar-refractivity contribution in [3.05, 3.63) is 224 Å². The molecular weight excluding hydrogens is 836 g/mol. The van der Waals surface area contributed by atoms with Crippen LogP contribution in [0.4, 0.5) is 11.4 Å². The number of para-hydroxylation sites is 1. The van der Waals surface area contributed by atoms with Gasteiger partial charge in [0.15, 0.2) is 5.82 Å². The molecule has 0 saturated heterocycles. The van der Waals surface area contributed by atoms with Gasteiger partial charge in [0.25, 0.3) is 0 Å². The Hall–Kier alpha value is -7.40. The third-order valence-electron chi connectivity index (χ3n) is 12.9. The molecule has 3 nitrogen and oxygen atoms in total. The average molecular weight is 873 g/mol. The van der Waals surface area contributed by atoms with Gasteiger partial charge in [-0.25, -0.2) is 9.97 Å². The van der Waals surface area contributed by atoms with Crippen molar-refractivity contribution in [3.8, 4) is 45.0 Å². The van der Waals surface area contributed by atoms with E-state index in [0.29, 0.717) is 17.0 Å². The molecule has 1 aliphatic rings. The smallest absolute Gasteiger partial charge is 0.328 e. The van der Waals surface area contributed by atoms with Gasteiger partial charge in [-0.15, -0.1) is 26.4 Å². The van der Waals surface area contributed by atoms with Crippen LogP contribution >= 0.6 is 10.0 Å². The Morgan fingerprint density at radius 1 is 0.382 bits per heavy atom. The van der Waals surface area contributed by atoms with E-state index < -0.39 is 10.0 Å². The van der Waals surface area contributed by atoms with Crippen molar-refractivity contribution in [2.75, 3.05) is 4.81 Å². The molecule has 10 radical (unpaired) electrons. The second-order valence-corrected chi connectivity index (χ2v) is 19.9. The Bertz CT molecular complexity index is 3340.